The molecule has 3 heterocycles. The minimum Gasteiger partial charge on any atom is -0.462 e. The second-order valence-corrected chi connectivity index (χ2v) is 5.35. The summed E-state index contributed by atoms with van der Waals surface area (Å²) in [5, 5.41) is 13.3. The molecule has 1 unspecified atom stereocenters. The second kappa shape index (κ2) is 4.91. The Morgan fingerprint density at radius 3 is 3.05 bits per heavy atom. The molecule has 1 amide bonds. The van der Waals surface area contributed by atoms with Crippen LogP contribution < -0.4 is 10.6 Å². The predicted octanol–water partition coefficient (Wildman–Crippen LogP) is 1.73. The molecule has 0 aliphatic carbocycles. The third-order valence-corrected chi connectivity index (χ3v) is 3.67. The quantitative estimate of drug-likeness (QED) is 0.902. The number of carbonyl (C=O) groups is 1. The highest BCUT2D eigenvalue weighted by Gasteiger charge is 2.42. The number of rotatable bonds is 3. The summed E-state index contributed by atoms with van der Waals surface area (Å²) in [6, 6.07) is 2.51. The van der Waals surface area contributed by atoms with Crippen molar-refractivity contribution in [2.75, 3.05) is 11.9 Å². The lowest BCUT2D eigenvalue weighted by molar-refractivity contribution is -0.118. The van der Waals surface area contributed by atoms with Gasteiger partial charge in [-0.05, 0) is 12.1 Å². The molecule has 1 aliphatic heterocycles. The van der Waals surface area contributed by atoms with Crippen LogP contribution in [0.5, 0.6) is 0 Å². The molecule has 2 N–H and O–H groups in total. The molecular formula is C11H10F2N4O2S. The van der Waals surface area contributed by atoms with Crippen LogP contribution in [0.25, 0.3) is 10.8 Å². The number of carbonyl (C=O) groups excluding carboxylic acids is 1. The van der Waals surface area contributed by atoms with Gasteiger partial charge in [-0.15, -0.1) is 10.2 Å². The maximum Gasteiger partial charge on any atom is 0.262 e. The van der Waals surface area contributed by atoms with Crippen LogP contribution in [0.3, 0.4) is 0 Å². The second-order valence-electron chi connectivity index (χ2n) is 4.37. The standard InChI is InChI=1S/C11H10F2N4O2S/c12-11(13)4-6(14-5-11)8(18)15-10-17-16-9(20-10)7-2-1-3-19-7/h1-3,6,14H,4-5H2,(H,15,17,18). The SMILES string of the molecule is O=C(Nc1nnc(-c2ccco2)s1)C1CC(F)(F)CN1. The number of furan rings is 1. The molecule has 0 radical (unpaired) electrons. The summed E-state index contributed by atoms with van der Waals surface area (Å²) in [6.07, 6.45) is 0.988. The van der Waals surface area contributed by atoms with Crippen molar-refractivity contribution in [3.63, 3.8) is 0 Å². The van der Waals surface area contributed by atoms with Crippen LogP contribution in [0.15, 0.2) is 22.8 Å². The lowest BCUT2D eigenvalue weighted by atomic mass is 10.2. The van der Waals surface area contributed by atoms with Gasteiger partial charge in [-0.1, -0.05) is 11.3 Å². The van der Waals surface area contributed by atoms with Crippen molar-refractivity contribution in [3.05, 3.63) is 18.4 Å². The van der Waals surface area contributed by atoms with Crippen LogP contribution in [0.1, 0.15) is 6.42 Å². The molecule has 3 rings (SSSR count). The maximum absolute atomic E-state index is 13.0. The molecule has 0 bridgehead atoms. The van der Waals surface area contributed by atoms with Crippen molar-refractivity contribution in [3.8, 4) is 10.8 Å². The molecule has 0 spiro atoms. The molecule has 9 heteroatoms. The summed E-state index contributed by atoms with van der Waals surface area (Å²) in [4.78, 5) is 11.8. The zero-order valence-corrected chi connectivity index (χ0v) is 10.9. The van der Waals surface area contributed by atoms with Crippen molar-refractivity contribution in [2.24, 2.45) is 0 Å². The van der Waals surface area contributed by atoms with Crippen molar-refractivity contribution < 1.29 is 18.0 Å². The summed E-state index contributed by atoms with van der Waals surface area (Å²) in [5.74, 6) is -2.85. The van der Waals surface area contributed by atoms with Crippen LogP contribution in [-0.4, -0.2) is 34.6 Å². The molecule has 106 valence electrons. The zero-order valence-electron chi connectivity index (χ0n) is 10.1. The number of nitrogens with zero attached hydrogens (tertiary/aromatic N) is 2. The molecule has 1 saturated heterocycles. The normalized spacial score (nSPS) is 21.0. The Hall–Kier alpha value is -1.87. The molecule has 1 fully saturated rings. The molecule has 20 heavy (non-hydrogen) atoms. The lowest BCUT2D eigenvalue weighted by Gasteiger charge is -2.08. The number of nitrogens with one attached hydrogen (secondary N) is 2. The molecule has 1 atom stereocenters. The van der Waals surface area contributed by atoms with Gasteiger partial charge >= 0.3 is 0 Å². The average molecular weight is 300 g/mol. The van der Waals surface area contributed by atoms with E-state index in [2.05, 4.69) is 20.8 Å². The fourth-order valence-electron chi connectivity index (χ4n) is 1.87. The van der Waals surface area contributed by atoms with E-state index in [9.17, 15) is 13.6 Å². The number of alkyl halides is 2. The lowest BCUT2D eigenvalue weighted by Crippen LogP contribution is -2.35. The van der Waals surface area contributed by atoms with Crippen molar-refractivity contribution in [2.45, 2.75) is 18.4 Å². The Balaban J connectivity index is 1.65. The van der Waals surface area contributed by atoms with Gasteiger partial charge in [-0.2, -0.15) is 0 Å². The Labute approximate surface area is 116 Å². The van der Waals surface area contributed by atoms with Crippen molar-refractivity contribution in [1.29, 1.82) is 0 Å². The van der Waals surface area contributed by atoms with Gasteiger partial charge in [0, 0.05) is 6.42 Å². The average Bonchev–Trinajstić information content (AvgIpc) is 3.07. The molecule has 2 aromatic rings. The third kappa shape index (κ3) is 2.68. The Bertz CT molecular complexity index is 614. The highest BCUT2D eigenvalue weighted by molar-refractivity contribution is 7.18. The van der Waals surface area contributed by atoms with E-state index in [1.807, 2.05) is 0 Å². The number of hydrogen-bond donors (Lipinski definition) is 2. The van der Waals surface area contributed by atoms with Crippen molar-refractivity contribution in [1.82, 2.24) is 15.5 Å². The molecule has 6 nitrogen and oxygen atoms in total. The van der Waals surface area contributed by atoms with Gasteiger partial charge in [0.1, 0.15) is 0 Å². The Morgan fingerprint density at radius 1 is 1.55 bits per heavy atom. The van der Waals surface area contributed by atoms with Gasteiger partial charge in [0.25, 0.3) is 5.92 Å². The summed E-state index contributed by atoms with van der Waals surface area (Å²) >= 11 is 1.11. The number of aromatic nitrogens is 2. The summed E-state index contributed by atoms with van der Waals surface area (Å²) < 4.78 is 31.2. The monoisotopic (exact) mass is 300 g/mol. The van der Waals surface area contributed by atoms with E-state index in [0.29, 0.717) is 10.8 Å². The zero-order chi connectivity index (χ0) is 14.2. The number of amides is 1. The van der Waals surface area contributed by atoms with Crippen LogP contribution in [0.2, 0.25) is 0 Å². The van der Waals surface area contributed by atoms with Crippen LogP contribution in [-0.2, 0) is 4.79 Å². The van der Waals surface area contributed by atoms with Crippen LogP contribution in [0.4, 0.5) is 13.9 Å². The third-order valence-electron chi connectivity index (χ3n) is 2.81. The van der Waals surface area contributed by atoms with E-state index >= 15 is 0 Å². The topological polar surface area (TPSA) is 80.1 Å². The summed E-state index contributed by atoms with van der Waals surface area (Å²) in [6.45, 7) is -0.487. The van der Waals surface area contributed by atoms with Gasteiger partial charge in [-0.3, -0.25) is 15.4 Å². The van der Waals surface area contributed by atoms with Crippen molar-refractivity contribution >= 4 is 22.4 Å². The number of hydrogen-bond acceptors (Lipinski definition) is 6. The van der Waals surface area contributed by atoms with Gasteiger partial charge in [0.2, 0.25) is 11.0 Å². The van der Waals surface area contributed by atoms with Gasteiger partial charge in [0.05, 0.1) is 18.8 Å². The smallest absolute Gasteiger partial charge is 0.262 e. The Morgan fingerprint density at radius 2 is 2.40 bits per heavy atom. The van der Waals surface area contributed by atoms with E-state index in [0.717, 1.165) is 11.3 Å². The fourth-order valence-corrected chi connectivity index (χ4v) is 2.58. The van der Waals surface area contributed by atoms with E-state index in [4.69, 9.17) is 4.42 Å². The molecule has 1 aliphatic rings. The maximum atomic E-state index is 13.0. The minimum absolute atomic E-state index is 0.249. The van der Waals surface area contributed by atoms with E-state index in [-0.39, 0.29) is 5.13 Å². The van der Waals surface area contributed by atoms with Gasteiger partial charge < -0.3 is 4.42 Å². The highest BCUT2D eigenvalue weighted by atomic mass is 32.1. The molecular weight excluding hydrogens is 290 g/mol. The largest absolute Gasteiger partial charge is 0.462 e. The summed E-state index contributed by atoms with van der Waals surface area (Å²) in [5.41, 5.74) is 0. The van der Waals surface area contributed by atoms with Crippen LogP contribution in [0, 0.1) is 0 Å². The molecule has 0 saturated carbocycles. The van der Waals surface area contributed by atoms with E-state index < -0.39 is 30.8 Å². The first-order valence-electron chi connectivity index (χ1n) is 5.83. The van der Waals surface area contributed by atoms with Gasteiger partial charge in [-0.25, -0.2) is 8.78 Å². The van der Waals surface area contributed by atoms with Crippen LogP contribution >= 0.6 is 11.3 Å². The molecule has 0 aromatic carbocycles. The fraction of sp³-hybridized carbons (Fsp3) is 0.364. The first kappa shape index (κ1) is 13.1. The van der Waals surface area contributed by atoms with Gasteiger partial charge in [0.15, 0.2) is 10.8 Å². The number of halogens is 2. The molecule has 2 aromatic heterocycles. The first-order chi connectivity index (χ1) is 9.53. The van der Waals surface area contributed by atoms with E-state index in [1.54, 1.807) is 12.1 Å². The predicted molar refractivity (Wildman–Crippen MR) is 67.6 cm³/mol. The number of anilines is 1. The van der Waals surface area contributed by atoms with E-state index in [1.165, 1.54) is 6.26 Å². The Kier molecular flexibility index (Phi) is 3.22. The highest BCUT2D eigenvalue weighted by Crippen LogP contribution is 2.28. The first-order valence-corrected chi connectivity index (χ1v) is 6.65. The summed E-state index contributed by atoms with van der Waals surface area (Å²) in [7, 11) is 0. The minimum atomic E-state index is -2.84.